The van der Waals surface area contributed by atoms with E-state index >= 15 is 0 Å². The lowest BCUT2D eigenvalue weighted by Crippen LogP contribution is -2.33. The summed E-state index contributed by atoms with van der Waals surface area (Å²) in [6, 6.07) is 13.0. The maximum absolute atomic E-state index is 6.14. The lowest BCUT2D eigenvalue weighted by atomic mass is 9.96. The number of benzene rings is 2. The third-order valence-corrected chi connectivity index (χ3v) is 4.98. The number of hydrogen-bond donors (Lipinski definition) is 2. The van der Waals surface area contributed by atoms with E-state index in [4.69, 9.17) is 10.5 Å². The Morgan fingerprint density at radius 3 is 2.56 bits per heavy atom. The van der Waals surface area contributed by atoms with Gasteiger partial charge in [0.05, 0.1) is 0 Å². The summed E-state index contributed by atoms with van der Waals surface area (Å²) in [5, 5.41) is 5.98. The number of nitrogens with two attached hydrogens (primary N) is 1. The molecular weight excluding hydrogens is 308 g/mol. The number of ether oxygens (including phenoxy) is 1. The number of anilines is 1. The fourth-order valence-electron chi connectivity index (χ4n) is 3.59. The van der Waals surface area contributed by atoms with Crippen molar-refractivity contribution in [1.29, 1.82) is 0 Å². The molecule has 0 spiro atoms. The summed E-state index contributed by atoms with van der Waals surface area (Å²) >= 11 is 0. The van der Waals surface area contributed by atoms with Gasteiger partial charge in [0.25, 0.3) is 0 Å². The second-order valence-corrected chi connectivity index (χ2v) is 6.67. The molecule has 1 saturated heterocycles. The van der Waals surface area contributed by atoms with Crippen molar-refractivity contribution < 1.29 is 4.74 Å². The molecule has 3 heteroatoms. The molecule has 25 heavy (non-hydrogen) atoms. The minimum atomic E-state index is 0.517. The Kier molecular flexibility index (Phi) is 4.57. The van der Waals surface area contributed by atoms with Crippen LogP contribution in [0.4, 0.5) is 5.69 Å². The highest BCUT2D eigenvalue weighted by Gasteiger charge is 2.14. The lowest BCUT2D eigenvalue weighted by Gasteiger charge is -2.24. The van der Waals surface area contributed by atoms with Gasteiger partial charge in [0.15, 0.2) is 0 Å². The number of nitrogens with one attached hydrogen (secondary N) is 1. The molecule has 0 unspecified atom stereocenters. The van der Waals surface area contributed by atoms with Crippen LogP contribution < -0.4 is 11.1 Å². The zero-order valence-electron chi connectivity index (χ0n) is 14.4. The standard InChI is InChI=1S/C22H24N2O/c23-22-11-10-19(20-6-1-2-7-21(20)22)16-4-3-5-17(9-8-16)24-18-12-14-25-15-13-18/h1-2,4-11,18,24H,3,12-15,23H2. The summed E-state index contributed by atoms with van der Waals surface area (Å²) in [5.41, 5.74) is 10.7. The van der Waals surface area contributed by atoms with Crippen molar-refractivity contribution >= 4 is 22.0 Å². The molecule has 1 aliphatic heterocycles. The number of fused-ring (bicyclic) bond motifs is 1. The van der Waals surface area contributed by atoms with Crippen molar-refractivity contribution in [3.05, 3.63) is 72.0 Å². The molecule has 0 bridgehead atoms. The van der Waals surface area contributed by atoms with Gasteiger partial charge in [-0.15, -0.1) is 0 Å². The van der Waals surface area contributed by atoms with Gasteiger partial charge in [0.1, 0.15) is 0 Å². The Hall–Kier alpha value is -2.52. The van der Waals surface area contributed by atoms with E-state index in [1.807, 2.05) is 12.1 Å². The van der Waals surface area contributed by atoms with E-state index < -0.39 is 0 Å². The molecule has 4 rings (SSSR count). The van der Waals surface area contributed by atoms with Crippen molar-refractivity contribution in [2.75, 3.05) is 18.9 Å². The number of allylic oxidation sites excluding steroid dienone is 5. The van der Waals surface area contributed by atoms with Gasteiger partial charge in [0, 0.05) is 36.0 Å². The molecule has 1 fully saturated rings. The molecule has 2 aromatic carbocycles. The van der Waals surface area contributed by atoms with Crippen LogP contribution in [0.5, 0.6) is 0 Å². The first kappa shape index (κ1) is 16.0. The molecule has 3 N–H and O–H groups in total. The first-order valence-corrected chi connectivity index (χ1v) is 9.01. The molecule has 2 aliphatic rings. The summed E-state index contributed by atoms with van der Waals surface area (Å²) < 4.78 is 5.44. The first-order valence-electron chi connectivity index (χ1n) is 9.01. The molecule has 3 nitrogen and oxygen atoms in total. The molecule has 1 aliphatic carbocycles. The Morgan fingerprint density at radius 2 is 1.72 bits per heavy atom. The highest BCUT2D eigenvalue weighted by Crippen LogP contribution is 2.31. The monoisotopic (exact) mass is 332 g/mol. The number of hydrogen-bond acceptors (Lipinski definition) is 3. The molecule has 2 aromatic rings. The largest absolute Gasteiger partial charge is 0.398 e. The average molecular weight is 332 g/mol. The van der Waals surface area contributed by atoms with E-state index in [0.29, 0.717) is 6.04 Å². The van der Waals surface area contributed by atoms with Gasteiger partial charge < -0.3 is 15.8 Å². The molecule has 128 valence electrons. The van der Waals surface area contributed by atoms with Crippen molar-refractivity contribution in [3.8, 4) is 0 Å². The second kappa shape index (κ2) is 7.16. The number of rotatable bonds is 3. The van der Waals surface area contributed by atoms with Crippen LogP contribution in [0.3, 0.4) is 0 Å². The summed E-state index contributed by atoms with van der Waals surface area (Å²) in [6.45, 7) is 1.71. The normalized spacial score (nSPS) is 18.6. The minimum absolute atomic E-state index is 0.517. The van der Waals surface area contributed by atoms with Gasteiger partial charge in [-0.3, -0.25) is 0 Å². The van der Waals surface area contributed by atoms with Crippen LogP contribution >= 0.6 is 0 Å². The molecule has 0 radical (unpaired) electrons. The highest BCUT2D eigenvalue weighted by atomic mass is 16.5. The summed E-state index contributed by atoms with van der Waals surface area (Å²) in [5.74, 6) is 0. The van der Waals surface area contributed by atoms with Crippen molar-refractivity contribution in [2.24, 2.45) is 0 Å². The van der Waals surface area contributed by atoms with E-state index in [0.717, 1.165) is 43.5 Å². The SMILES string of the molecule is Nc1ccc(C2=CCC=C(NC3CCOCC3)C=C2)c2ccccc12. The predicted molar refractivity (Wildman–Crippen MR) is 105 cm³/mol. The lowest BCUT2D eigenvalue weighted by molar-refractivity contribution is 0.0806. The van der Waals surface area contributed by atoms with Gasteiger partial charge >= 0.3 is 0 Å². The van der Waals surface area contributed by atoms with E-state index in [2.05, 4.69) is 53.9 Å². The van der Waals surface area contributed by atoms with Crippen LogP contribution in [0.1, 0.15) is 24.8 Å². The highest BCUT2D eigenvalue weighted by molar-refractivity contribution is 6.01. The maximum atomic E-state index is 6.14. The third-order valence-electron chi connectivity index (χ3n) is 4.98. The first-order chi connectivity index (χ1) is 12.3. The molecule has 0 amide bonds. The van der Waals surface area contributed by atoms with Gasteiger partial charge in [-0.25, -0.2) is 0 Å². The number of nitrogen functional groups attached to an aromatic ring is 1. The van der Waals surface area contributed by atoms with Gasteiger partial charge in [-0.2, -0.15) is 0 Å². The van der Waals surface area contributed by atoms with Gasteiger partial charge in [-0.05, 0) is 47.9 Å². The zero-order valence-corrected chi connectivity index (χ0v) is 14.4. The Labute approximate surface area is 148 Å². The Morgan fingerprint density at radius 1 is 0.920 bits per heavy atom. The van der Waals surface area contributed by atoms with Crippen molar-refractivity contribution in [3.63, 3.8) is 0 Å². The van der Waals surface area contributed by atoms with Crippen LogP contribution in [-0.4, -0.2) is 19.3 Å². The fourth-order valence-corrected chi connectivity index (χ4v) is 3.59. The molecule has 0 aromatic heterocycles. The Balaban J connectivity index is 1.58. The van der Waals surface area contributed by atoms with Crippen LogP contribution in [0.15, 0.2) is 66.4 Å². The van der Waals surface area contributed by atoms with Crippen LogP contribution in [-0.2, 0) is 4.74 Å². The van der Waals surface area contributed by atoms with E-state index in [-0.39, 0.29) is 0 Å². The topological polar surface area (TPSA) is 47.3 Å². The van der Waals surface area contributed by atoms with E-state index in [1.54, 1.807) is 0 Å². The van der Waals surface area contributed by atoms with Gasteiger partial charge in [0.2, 0.25) is 0 Å². The molecular formula is C22H24N2O. The van der Waals surface area contributed by atoms with Crippen molar-refractivity contribution in [2.45, 2.75) is 25.3 Å². The molecule has 1 heterocycles. The molecule has 0 atom stereocenters. The molecule has 0 saturated carbocycles. The van der Waals surface area contributed by atoms with Gasteiger partial charge in [-0.1, -0.05) is 48.6 Å². The van der Waals surface area contributed by atoms with E-state index in [9.17, 15) is 0 Å². The van der Waals surface area contributed by atoms with Crippen LogP contribution in [0.25, 0.3) is 16.3 Å². The predicted octanol–water partition coefficient (Wildman–Crippen LogP) is 4.42. The van der Waals surface area contributed by atoms with Crippen molar-refractivity contribution in [1.82, 2.24) is 5.32 Å². The van der Waals surface area contributed by atoms with Crippen LogP contribution in [0, 0.1) is 0 Å². The zero-order chi connectivity index (χ0) is 17.1. The third kappa shape index (κ3) is 3.47. The quantitative estimate of drug-likeness (QED) is 0.818. The average Bonchev–Trinajstić information content (AvgIpc) is 2.89. The maximum Gasteiger partial charge on any atom is 0.0485 e. The Bertz CT molecular complexity index is 857. The second-order valence-electron chi connectivity index (χ2n) is 6.67. The van der Waals surface area contributed by atoms with Crippen LogP contribution in [0.2, 0.25) is 0 Å². The summed E-state index contributed by atoms with van der Waals surface area (Å²) in [4.78, 5) is 0. The minimum Gasteiger partial charge on any atom is -0.398 e. The summed E-state index contributed by atoms with van der Waals surface area (Å²) in [6.07, 6.45) is 12.0. The van der Waals surface area contributed by atoms with E-state index in [1.165, 1.54) is 22.2 Å². The summed E-state index contributed by atoms with van der Waals surface area (Å²) in [7, 11) is 0. The smallest absolute Gasteiger partial charge is 0.0485 e. The fraction of sp³-hybridized carbons (Fsp3) is 0.273.